The topological polar surface area (TPSA) is 64.4 Å². The number of aromatic nitrogens is 2. The lowest BCUT2D eigenvalue weighted by atomic mass is 10.2. The Morgan fingerprint density at radius 3 is 2.45 bits per heavy atom. The second-order valence-electron chi connectivity index (χ2n) is 4.25. The molecule has 0 unspecified atom stereocenters. The molecular formula is C13H12F2N2O3. The first-order valence-corrected chi connectivity index (χ1v) is 5.72. The van der Waals surface area contributed by atoms with E-state index in [4.69, 9.17) is 9.84 Å². The standard InChI is InChI=1S/C13H12F2N2O3/c1-7-5-16-17(2)11(7)6-20-8-3-9(14)12(13(18)19)10(15)4-8/h3-5H,6H2,1-2H3,(H,18,19). The summed E-state index contributed by atoms with van der Waals surface area (Å²) in [6, 6.07) is 1.69. The summed E-state index contributed by atoms with van der Waals surface area (Å²) in [4.78, 5) is 10.7. The fraction of sp³-hybridized carbons (Fsp3) is 0.231. The minimum atomic E-state index is -1.66. The molecule has 0 aliphatic heterocycles. The summed E-state index contributed by atoms with van der Waals surface area (Å²) in [7, 11) is 1.72. The molecular weight excluding hydrogens is 270 g/mol. The molecule has 0 aliphatic rings. The van der Waals surface area contributed by atoms with Crippen LogP contribution in [0.25, 0.3) is 0 Å². The number of benzene rings is 1. The van der Waals surface area contributed by atoms with Gasteiger partial charge in [0.15, 0.2) is 0 Å². The number of carboxylic acids is 1. The van der Waals surface area contributed by atoms with Gasteiger partial charge in [-0.1, -0.05) is 0 Å². The van der Waals surface area contributed by atoms with Crippen molar-refractivity contribution in [3.63, 3.8) is 0 Å². The number of aryl methyl sites for hydroxylation is 2. The zero-order valence-corrected chi connectivity index (χ0v) is 10.9. The van der Waals surface area contributed by atoms with Gasteiger partial charge in [0.25, 0.3) is 0 Å². The average molecular weight is 282 g/mol. The van der Waals surface area contributed by atoms with Crippen molar-refractivity contribution >= 4 is 5.97 Å². The maximum Gasteiger partial charge on any atom is 0.341 e. The average Bonchev–Trinajstić information content (AvgIpc) is 2.65. The zero-order valence-electron chi connectivity index (χ0n) is 10.9. The minimum Gasteiger partial charge on any atom is -0.487 e. The van der Waals surface area contributed by atoms with E-state index in [1.54, 1.807) is 17.9 Å². The summed E-state index contributed by atoms with van der Waals surface area (Å²) in [5.74, 6) is -4.08. The van der Waals surface area contributed by atoms with Crippen LogP contribution >= 0.6 is 0 Å². The summed E-state index contributed by atoms with van der Waals surface area (Å²) < 4.78 is 33.8. The molecule has 0 atom stereocenters. The van der Waals surface area contributed by atoms with Crippen molar-refractivity contribution in [1.82, 2.24) is 9.78 Å². The van der Waals surface area contributed by atoms with Gasteiger partial charge in [-0.25, -0.2) is 13.6 Å². The van der Waals surface area contributed by atoms with Crippen LogP contribution in [0.4, 0.5) is 8.78 Å². The van der Waals surface area contributed by atoms with Gasteiger partial charge < -0.3 is 9.84 Å². The molecule has 0 spiro atoms. The van der Waals surface area contributed by atoms with Crippen LogP contribution in [0, 0.1) is 18.6 Å². The first-order valence-electron chi connectivity index (χ1n) is 5.72. The van der Waals surface area contributed by atoms with Gasteiger partial charge in [0.1, 0.15) is 29.6 Å². The smallest absolute Gasteiger partial charge is 0.341 e. The summed E-state index contributed by atoms with van der Waals surface area (Å²) in [6.07, 6.45) is 1.65. The number of hydrogen-bond acceptors (Lipinski definition) is 3. The Balaban J connectivity index is 2.21. The van der Waals surface area contributed by atoms with E-state index in [-0.39, 0.29) is 12.4 Å². The molecule has 0 radical (unpaired) electrons. The number of aromatic carboxylic acids is 1. The van der Waals surface area contributed by atoms with Crippen molar-refractivity contribution < 1.29 is 23.4 Å². The van der Waals surface area contributed by atoms with Crippen LogP contribution in [0.1, 0.15) is 21.6 Å². The lowest BCUT2D eigenvalue weighted by Crippen LogP contribution is -2.07. The molecule has 0 aliphatic carbocycles. The van der Waals surface area contributed by atoms with Crippen molar-refractivity contribution in [3.05, 3.63) is 46.8 Å². The second-order valence-corrected chi connectivity index (χ2v) is 4.25. The van der Waals surface area contributed by atoms with Crippen LogP contribution in [-0.4, -0.2) is 20.9 Å². The number of carboxylic acid groups (broad SMARTS) is 1. The Morgan fingerprint density at radius 2 is 2.00 bits per heavy atom. The lowest BCUT2D eigenvalue weighted by molar-refractivity contribution is 0.0686. The molecule has 0 amide bonds. The molecule has 0 fully saturated rings. The van der Waals surface area contributed by atoms with Crippen LogP contribution in [-0.2, 0) is 13.7 Å². The number of rotatable bonds is 4. The number of halogens is 2. The van der Waals surface area contributed by atoms with Crippen LogP contribution in [0.2, 0.25) is 0 Å². The van der Waals surface area contributed by atoms with Crippen LogP contribution in [0.3, 0.4) is 0 Å². The first kappa shape index (κ1) is 14.0. The highest BCUT2D eigenvalue weighted by Crippen LogP contribution is 2.22. The lowest BCUT2D eigenvalue weighted by Gasteiger charge is -2.09. The highest BCUT2D eigenvalue weighted by atomic mass is 19.1. The fourth-order valence-corrected chi connectivity index (χ4v) is 1.77. The molecule has 1 N–H and O–H groups in total. The van der Waals surface area contributed by atoms with E-state index < -0.39 is 23.2 Å². The van der Waals surface area contributed by atoms with Gasteiger partial charge in [-0.2, -0.15) is 5.10 Å². The highest BCUT2D eigenvalue weighted by molar-refractivity contribution is 5.88. The molecule has 1 aromatic carbocycles. The quantitative estimate of drug-likeness (QED) is 0.934. The SMILES string of the molecule is Cc1cnn(C)c1COc1cc(F)c(C(=O)O)c(F)c1. The van der Waals surface area contributed by atoms with E-state index in [0.29, 0.717) is 0 Å². The fourth-order valence-electron chi connectivity index (χ4n) is 1.77. The monoisotopic (exact) mass is 282 g/mol. The van der Waals surface area contributed by atoms with Gasteiger partial charge in [0, 0.05) is 19.2 Å². The third kappa shape index (κ3) is 2.61. The van der Waals surface area contributed by atoms with Crippen LogP contribution in [0.5, 0.6) is 5.75 Å². The van der Waals surface area contributed by atoms with Crippen molar-refractivity contribution in [2.75, 3.05) is 0 Å². The van der Waals surface area contributed by atoms with E-state index in [2.05, 4.69) is 5.10 Å². The molecule has 1 heterocycles. The van der Waals surface area contributed by atoms with Gasteiger partial charge in [-0.15, -0.1) is 0 Å². The van der Waals surface area contributed by atoms with Crippen molar-refractivity contribution in [3.8, 4) is 5.75 Å². The van der Waals surface area contributed by atoms with Gasteiger partial charge in [-0.05, 0) is 12.5 Å². The van der Waals surface area contributed by atoms with Gasteiger partial charge in [0.05, 0.1) is 11.9 Å². The maximum absolute atomic E-state index is 13.5. The Morgan fingerprint density at radius 1 is 1.40 bits per heavy atom. The molecule has 20 heavy (non-hydrogen) atoms. The minimum absolute atomic E-state index is 0.0770. The number of ether oxygens (including phenoxy) is 1. The van der Waals surface area contributed by atoms with Crippen molar-refractivity contribution in [2.24, 2.45) is 7.05 Å². The number of nitrogens with zero attached hydrogens (tertiary/aromatic N) is 2. The maximum atomic E-state index is 13.5. The third-order valence-corrected chi connectivity index (χ3v) is 2.88. The van der Waals surface area contributed by atoms with Crippen LogP contribution < -0.4 is 4.74 Å². The first-order chi connectivity index (χ1) is 9.40. The Hall–Kier alpha value is -2.44. The van der Waals surface area contributed by atoms with Gasteiger partial charge >= 0.3 is 5.97 Å². The molecule has 106 valence electrons. The summed E-state index contributed by atoms with van der Waals surface area (Å²) >= 11 is 0. The van der Waals surface area contributed by atoms with E-state index in [1.807, 2.05) is 6.92 Å². The predicted molar refractivity (Wildman–Crippen MR) is 65.6 cm³/mol. The summed E-state index contributed by atoms with van der Waals surface area (Å²) in [5.41, 5.74) is 0.651. The van der Waals surface area contributed by atoms with E-state index in [1.165, 1.54) is 0 Å². The summed E-state index contributed by atoms with van der Waals surface area (Å²) in [6.45, 7) is 1.91. The van der Waals surface area contributed by atoms with Crippen molar-refractivity contribution in [2.45, 2.75) is 13.5 Å². The number of hydrogen-bond donors (Lipinski definition) is 1. The third-order valence-electron chi connectivity index (χ3n) is 2.88. The largest absolute Gasteiger partial charge is 0.487 e. The molecule has 0 saturated carbocycles. The zero-order chi connectivity index (χ0) is 14.9. The molecule has 0 saturated heterocycles. The van der Waals surface area contributed by atoms with E-state index in [0.717, 1.165) is 23.4 Å². The van der Waals surface area contributed by atoms with Gasteiger partial charge in [-0.3, -0.25) is 4.68 Å². The van der Waals surface area contributed by atoms with E-state index >= 15 is 0 Å². The van der Waals surface area contributed by atoms with Crippen molar-refractivity contribution in [1.29, 1.82) is 0 Å². The number of carbonyl (C=O) groups is 1. The molecule has 5 nitrogen and oxygen atoms in total. The molecule has 2 aromatic rings. The summed E-state index contributed by atoms with van der Waals surface area (Å²) in [5, 5.41) is 12.7. The second kappa shape index (κ2) is 5.28. The van der Waals surface area contributed by atoms with E-state index in [9.17, 15) is 13.6 Å². The molecule has 2 rings (SSSR count). The highest BCUT2D eigenvalue weighted by Gasteiger charge is 2.18. The Bertz CT molecular complexity index is 625. The van der Waals surface area contributed by atoms with Gasteiger partial charge in [0.2, 0.25) is 0 Å². The normalized spacial score (nSPS) is 10.6. The van der Waals surface area contributed by atoms with Crippen LogP contribution in [0.15, 0.2) is 18.3 Å². The molecule has 1 aromatic heterocycles. The predicted octanol–water partition coefficient (Wildman–Crippen LogP) is 2.28. The molecule has 0 bridgehead atoms. The molecule has 7 heteroatoms. The Kier molecular flexibility index (Phi) is 3.69. The Labute approximate surface area is 113 Å².